The Kier molecular flexibility index (Phi) is 5.82. The third-order valence-corrected chi connectivity index (χ3v) is 5.83. The highest BCUT2D eigenvalue weighted by Gasteiger charge is 2.14. The molecule has 0 saturated carbocycles. The summed E-state index contributed by atoms with van der Waals surface area (Å²) in [6.45, 7) is 0. The van der Waals surface area contributed by atoms with Crippen LogP contribution < -0.4 is 9.47 Å². The van der Waals surface area contributed by atoms with Crippen molar-refractivity contribution in [3.63, 3.8) is 0 Å². The fraction of sp³-hybridized carbons (Fsp3) is 0.0385. The zero-order valence-corrected chi connectivity index (χ0v) is 19.0. The summed E-state index contributed by atoms with van der Waals surface area (Å²) in [5, 5.41) is 1.61. The SMILES string of the molecule is COc1cccc(-c2ccc3nc(-c4cccnc4)nc(Oc4ccc(Cl)c(Cl)c4)c3c2)c1. The van der Waals surface area contributed by atoms with E-state index in [-0.39, 0.29) is 0 Å². The summed E-state index contributed by atoms with van der Waals surface area (Å²) in [7, 11) is 1.65. The fourth-order valence-corrected chi connectivity index (χ4v) is 3.72. The molecule has 0 radical (unpaired) electrons. The lowest BCUT2D eigenvalue weighted by molar-refractivity contribution is 0.415. The average molecular weight is 474 g/mol. The minimum atomic E-state index is 0.400. The Hall–Kier alpha value is -3.67. The van der Waals surface area contributed by atoms with E-state index < -0.39 is 0 Å². The summed E-state index contributed by atoms with van der Waals surface area (Å²) < 4.78 is 11.6. The third kappa shape index (κ3) is 4.46. The second-order valence-electron chi connectivity index (χ2n) is 7.24. The van der Waals surface area contributed by atoms with Crippen molar-refractivity contribution < 1.29 is 9.47 Å². The molecule has 0 aliphatic carbocycles. The van der Waals surface area contributed by atoms with Crippen LogP contribution in [0.3, 0.4) is 0 Å². The first kappa shape index (κ1) is 21.2. The molecule has 33 heavy (non-hydrogen) atoms. The van der Waals surface area contributed by atoms with Gasteiger partial charge in [-0.25, -0.2) is 4.98 Å². The number of ether oxygens (including phenoxy) is 2. The molecule has 0 aliphatic heterocycles. The van der Waals surface area contributed by atoms with Crippen LogP contribution in [-0.4, -0.2) is 22.1 Å². The van der Waals surface area contributed by atoms with E-state index in [4.69, 9.17) is 42.6 Å². The fourth-order valence-electron chi connectivity index (χ4n) is 3.44. The van der Waals surface area contributed by atoms with Gasteiger partial charge in [-0.05, 0) is 59.7 Å². The summed E-state index contributed by atoms with van der Waals surface area (Å²) in [5.41, 5.74) is 3.52. The molecule has 7 heteroatoms. The number of pyridine rings is 1. The van der Waals surface area contributed by atoms with Gasteiger partial charge in [0.25, 0.3) is 0 Å². The van der Waals surface area contributed by atoms with Gasteiger partial charge in [0.1, 0.15) is 11.5 Å². The van der Waals surface area contributed by atoms with Crippen molar-refractivity contribution in [3.8, 4) is 39.9 Å². The number of halogens is 2. The van der Waals surface area contributed by atoms with Crippen LogP contribution in [0.25, 0.3) is 33.4 Å². The molecular weight excluding hydrogens is 457 g/mol. The molecule has 5 nitrogen and oxygen atoms in total. The van der Waals surface area contributed by atoms with E-state index in [1.807, 2.05) is 54.6 Å². The van der Waals surface area contributed by atoms with Crippen molar-refractivity contribution >= 4 is 34.1 Å². The second kappa shape index (κ2) is 9.06. The zero-order chi connectivity index (χ0) is 22.8. The number of fused-ring (bicyclic) bond motifs is 1. The summed E-state index contributed by atoms with van der Waals surface area (Å²) in [6, 6.07) is 22.7. The van der Waals surface area contributed by atoms with E-state index in [0.717, 1.165) is 33.3 Å². The van der Waals surface area contributed by atoms with Gasteiger partial charge in [-0.3, -0.25) is 4.98 Å². The van der Waals surface area contributed by atoms with Gasteiger partial charge in [-0.1, -0.05) is 41.4 Å². The van der Waals surface area contributed by atoms with E-state index >= 15 is 0 Å². The van der Waals surface area contributed by atoms with Crippen LogP contribution in [0.15, 0.2) is 85.2 Å². The van der Waals surface area contributed by atoms with Gasteiger partial charge in [-0.15, -0.1) is 0 Å². The quantitative estimate of drug-likeness (QED) is 0.265. The smallest absolute Gasteiger partial charge is 0.230 e. The summed E-state index contributed by atoms with van der Waals surface area (Å²) in [6.07, 6.45) is 3.42. The molecule has 0 bridgehead atoms. The van der Waals surface area contributed by atoms with Crippen molar-refractivity contribution in [2.24, 2.45) is 0 Å². The molecule has 2 aromatic heterocycles. The van der Waals surface area contributed by atoms with Gasteiger partial charge in [0.05, 0.1) is 28.1 Å². The number of methoxy groups -OCH3 is 1. The highest BCUT2D eigenvalue weighted by atomic mass is 35.5. The molecule has 0 aliphatic rings. The minimum Gasteiger partial charge on any atom is -0.497 e. The maximum absolute atomic E-state index is 6.19. The predicted molar refractivity (Wildman–Crippen MR) is 131 cm³/mol. The normalized spacial score (nSPS) is 10.9. The van der Waals surface area contributed by atoms with Crippen LogP contribution in [0.1, 0.15) is 0 Å². The standard InChI is InChI=1S/C26H17Cl2N3O2/c1-32-19-6-2-4-16(12-19)17-7-10-24-21(13-17)26(33-20-8-9-22(27)23(28)14-20)31-25(30-24)18-5-3-11-29-15-18/h2-15H,1H3. The van der Waals surface area contributed by atoms with E-state index in [1.54, 1.807) is 37.7 Å². The van der Waals surface area contributed by atoms with Crippen molar-refractivity contribution in [2.75, 3.05) is 7.11 Å². The molecule has 162 valence electrons. The highest BCUT2D eigenvalue weighted by Crippen LogP contribution is 2.35. The zero-order valence-electron chi connectivity index (χ0n) is 17.5. The van der Waals surface area contributed by atoms with Crippen molar-refractivity contribution in [2.45, 2.75) is 0 Å². The maximum atomic E-state index is 6.19. The molecule has 2 heterocycles. The van der Waals surface area contributed by atoms with Gasteiger partial charge in [0.2, 0.25) is 5.88 Å². The summed E-state index contributed by atoms with van der Waals surface area (Å²) >= 11 is 12.3. The maximum Gasteiger partial charge on any atom is 0.230 e. The van der Waals surface area contributed by atoms with Crippen molar-refractivity contribution in [1.82, 2.24) is 15.0 Å². The van der Waals surface area contributed by atoms with Crippen LogP contribution in [0.2, 0.25) is 10.0 Å². The molecule has 0 fully saturated rings. The van der Waals surface area contributed by atoms with Crippen molar-refractivity contribution in [3.05, 3.63) is 95.2 Å². The minimum absolute atomic E-state index is 0.400. The van der Waals surface area contributed by atoms with Crippen LogP contribution >= 0.6 is 23.2 Å². The molecular formula is C26H17Cl2N3O2. The van der Waals surface area contributed by atoms with E-state index in [0.29, 0.717) is 27.5 Å². The molecule has 5 rings (SSSR count). The van der Waals surface area contributed by atoms with Crippen LogP contribution in [0.4, 0.5) is 0 Å². The molecule has 0 unspecified atom stereocenters. The Morgan fingerprint density at radius 1 is 0.727 bits per heavy atom. The Morgan fingerprint density at radius 2 is 1.58 bits per heavy atom. The molecule has 0 saturated heterocycles. The number of hydrogen-bond acceptors (Lipinski definition) is 5. The lowest BCUT2D eigenvalue weighted by Gasteiger charge is -2.12. The van der Waals surface area contributed by atoms with Crippen LogP contribution in [0.5, 0.6) is 17.4 Å². The van der Waals surface area contributed by atoms with Gasteiger partial charge < -0.3 is 9.47 Å². The van der Waals surface area contributed by atoms with Gasteiger partial charge >= 0.3 is 0 Å². The molecule has 5 aromatic rings. The topological polar surface area (TPSA) is 57.1 Å². The third-order valence-electron chi connectivity index (χ3n) is 5.09. The van der Waals surface area contributed by atoms with Gasteiger partial charge in [-0.2, -0.15) is 4.98 Å². The lowest BCUT2D eigenvalue weighted by atomic mass is 10.0. The predicted octanol–water partition coefficient (Wildman–Crippen LogP) is 7.47. The van der Waals surface area contributed by atoms with Crippen LogP contribution in [-0.2, 0) is 0 Å². The van der Waals surface area contributed by atoms with E-state index in [1.165, 1.54) is 0 Å². The first-order valence-corrected chi connectivity index (χ1v) is 10.9. The Bertz CT molecular complexity index is 1460. The molecule has 0 N–H and O–H groups in total. The van der Waals surface area contributed by atoms with Crippen LogP contribution in [0, 0.1) is 0 Å². The molecule has 3 aromatic carbocycles. The van der Waals surface area contributed by atoms with Gasteiger partial charge in [0.15, 0.2) is 5.82 Å². The monoisotopic (exact) mass is 473 g/mol. The Balaban J connectivity index is 1.67. The van der Waals surface area contributed by atoms with E-state index in [2.05, 4.69) is 4.98 Å². The molecule has 0 spiro atoms. The summed E-state index contributed by atoms with van der Waals surface area (Å²) in [4.78, 5) is 13.6. The highest BCUT2D eigenvalue weighted by molar-refractivity contribution is 6.42. The number of rotatable bonds is 5. The Morgan fingerprint density at radius 3 is 2.36 bits per heavy atom. The van der Waals surface area contributed by atoms with Gasteiger partial charge in [0, 0.05) is 24.0 Å². The average Bonchev–Trinajstić information content (AvgIpc) is 2.86. The molecule has 0 amide bonds. The van der Waals surface area contributed by atoms with Crippen molar-refractivity contribution in [1.29, 1.82) is 0 Å². The lowest BCUT2D eigenvalue weighted by Crippen LogP contribution is -1.97. The molecule has 0 atom stereocenters. The first-order chi connectivity index (χ1) is 16.1. The largest absolute Gasteiger partial charge is 0.497 e. The number of aromatic nitrogens is 3. The second-order valence-corrected chi connectivity index (χ2v) is 8.05. The Labute approximate surface area is 200 Å². The number of nitrogens with zero attached hydrogens (tertiary/aromatic N) is 3. The number of benzene rings is 3. The number of hydrogen-bond donors (Lipinski definition) is 0. The van der Waals surface area contributed by atoms with E-state index in [9.17, 15) is 0 Å². The first-order valence-electron chi connectivity index (χ1n) is 10.1. The summed E-state index contributed by atoms with van der Waals surface area (Å²) in [5.74, 6) is 2.22.